The summed E-state index contributed by atoms with van der Waals surface area (Å²) >= 11 is 5.69. The van der Waals surface area contributed by atoms with Gasteiger partial charge in [-0.15, -0.1) is 0 Å². The van der Waals surface area contributed by atoms with E-state index in [1.54, 1.807) is 18.2 Å². The minimum Gasteiger partial charge on any atom is -0.490 e. The van der Waals surface area contributed by atoms with Gasteiger partial charge in [-0.1, -0.05) is 23.7 Å². The molecule has 0 radical (unpaired) electrons. The molecular weight excluding hydrogens is 355 g/mol. The lowest BCUT2D eigenvalue weighted by molar-refractivity contribution is 0.293. The molecule has 0 unspecified atom stereocenters. The lowest BCUT2D eigenvalue weighted by Gasteiger charge is -2.20. The van der Waals surface area contributed by atoms with Crippen LogP contribution in [0.1, 0.15) is 12.5 Å². The molecule has 0 saturated carbocycles. The third-order valence-electron chi connectivity index (χ3n) is 3.53. The molecule has 4 nitrogen and oxygen atoms in total. The van der Waals surface area contributed by atoms with Crippen LogP contribution in [0.15, 0.2) is 46.2 Å². The maximum atomic E-state index is 13.3. The Hall–Kier alpha value is -2.05. The molecular formula is C17H14ClFO4S. The first-order valence-electron chi connectivity index (χ1n) is 7.23. The fourth-order valence-electron chi connectivity index (χ4n) is 2.38. The van der Waals surface area contributed by atoms with Crippen molar-refractivity contribution in [3.8, 4) is 11.5 Å². The summed E-state index contributed by atoms with van der Waals surface area (Å²) < 4.78 is 49.8. The molecule has 2 aromatic rings. The van der Waals surface area contributed by atoms with Crippen molar-refractivity contribution >= 4 is 27.5 Å². The van der Waals surface area contributed by atoms with Crippen LogP contribution in [0.2, 0.25) is 5.02 Å². The van der Waals surface area contributed by atoms with Crippen LogP contribution in [0.25, 0.3) is 6.08 Å². The van der Waals surface area contributed by atoms with E-state index in [0.29, 0.717) is 23.7 Å². The van der Waals surface area contributed by atoms with Gasteiger partial charge in [0.25, 0.3) is 0 Å². The zero-order chi connectivity index (χ0) is 17.3. The number of benzene rings is 2. The smallest absolute Gasteiger partial charge is 0.206 e. The van der Waals surface area contributed by atoms with Gasteiger partial charge < -0.3 is 9.47 Å². The highest BCUT2D eigenvalue weighted by molar-refractivity contribution is 7.95. The molecule has 0 bridgehead atoms. The second kappa shape index (κ2) is 6.45. The van der Waals surface area contributed by atoms with Gasteiger partial charge in [0.15, 0.2) is 11.5 Å². The summed E-state index contributed by atoms with van der Waals surface area (Å²) in [6, 6.07) is 8.57. The first-order valence-corrected chi connectivity index (χ1v) is 9.09. The lowest BCUT2D eigenvalue weighted by atomic mass is 10.1. The number of fused-ring (bicyclic) bond motifs is 1. The molecule has 0 atom stereocenters. The van der Waals surface area contributed by atoms with Crippen molar-refractivity contribution in [2.24, 2.45) is 0 Å². The fraction of sp³-hybridized carbons (Fsp3) is 0.176. The Labute approximate surface area is 144 Å². The standard InChI is InChI=1S/C17H14ClFO4S/c1-2-22-16-5-3-4-11-8-13(10-23-17(11)16)24(20,21)12-6-7-15(19)14(18)9-12/h3-9H,2,10H2,1H3. The van der Waals surface area contributed by atoms with Gasteiger partial charge in [-0.3, -0.25) is 0 Å². The molecule has 0 spiro atoms. The fourth-order valence-corrected chi connectivity index (χ4v) is 3.94. The molecule has 2 aromatic carbocycles. The van der Waals surface area contributed by atoms with Crippen LogP contribution in [0.5, 0.6) is 11.5 Å². The molecule has 7 heteroatoms. The van der Waals surface area contributed by atoms with Crippen LogP contribution in [0, 0.1) is 5.82 Å². The van der Waals surface area contributed by atoms with Gasteiger partial charge in [0.2, 0.25) is 9.84 Å². The summed E-state index contributed by atoms with van der Waals surface area (Å²) in [6.07, 6.45) is 1.54. The van der Waals surface area contributed by atoms with Crippen molar-refractivity contribution in [1.29, 1.82) is 0 Å². The van der Waals surface area contributed by atoms with Gasteiger partial charge >= 0.3 is 0 Å². The molecule has 0 aliphatic carbocycles. The van der Waals surface area contributed by atoms with E-state index in [2.05, 4.69) is 0 Å². The van der Waals surface area contributed by atoms with Gasteiger partial charge in [-0.05, 0) is 37.3 Å². The molecule has 1 aliphatic rings. The van der Waals surface area contributed by atoms with Crippen LogP contribution in [-0.4, -0.2) is 21.6 Å². The number of ether oxygens (including phenoxy) is 2. The Morgan fingerprint density at radius 1 is 1.29 bits per heavy atom. The molecule has 126 valence electrons. The van der Waals surface area contributed by atoms with Gasteiger partial charge in [-0.2, -0.15) is 0 Å². The molecule has 0 fully saturated rings. The maximum Gasteiger partial charge on any atom is 0.206 e. The van der Waals surface area contributed by atoms with E-state index in [4.69, 9.17) is 21.1 Å². The van der Waals surface area contributed by atoms with E-state index in [9.17, 15) is 12.8 Å². The zero-order valence-corrected chi connectivity index (χ0v) is 14.3. The second-order valence-electron chi connectivity index (χ2n) is 5.09. The van der Waals surface area contributed by atoms with Crippen molar-refractivity contribution < 1.29 is 22.3 Å². The second-order valence-corrected chi connectivity index (χ2v) is 7.50. The number of sulfone groups is 1. The Morgan fingerprint density at radius 2 is 2.08 bits per heavy atom. The number of hydrogen-bond acceptors (Lipinski definition) is 4. The van der Waals surface area contributed by atoms with Crippen molar-refractivity contribution in [2.75, 3.05) is 13.2 Å². The number of para-hydroxylation sites is 1. The minimum absolute atomic E-state index is 0.0753. The van der Waals surface area contributed by atoms with Crippen LogP contribution >= 0.6 is 11.6 Å². The van der Waals surface area contributed by atoms with Gasteiger partial charge in [-0.25, -0.2) is 12.8 Å². The van der Waals surface area contributed by atoms with Crippen LogP contribution < -0.4 is 9.47 Å². The summed E-state index contributed by atoms with van der Waals surface area (Å²) in [5.74, 6) is 0.402. The van der Waals surface area contributed by atoms with Crippen LogP contribution in [0.3, 0.4) is 0 Å². The number of rotatable bonds is 4. The third kappa shape index (κ3) is 2.99. The van der Waals surface area contributed by atoms with Crippen LogP contribution in [0.4, 0.5) is 4.39 Å². The Bertz CT molecular complexity index is 922. The summed E-state index contributed by atoms with van der Waals surface area (Å²) in [5.41, 5.74) is 0.610. The molecule has 0 N–H and O–H groups in total. The monoisotopic (exact) mass is 368 g/mol. The van der Waals surface area contributed by atoms with Crippen molar-refractivity contribution in [3.63, 3.8) is 0 Å². The van der Waals surface area contributed by atoms with E-state index < -0.39 is 15.7 Å². The van der Waals surface area contributed by atoms with E-state index in [0.717, 1.165) is 12.1 Å². The van der Waals surface area contributed by atoms with E-state index in [1.807, 2.05) is 6.92 Å². The van der Waals surface area contributed by atoms with E-state index >= 15 is 0 Å². The molecule has 0 aromatic heterocycles. The van der Waals surface area contributed by atoms with Crippen molar-refractivity contribution in [3.05, 3.63) is 57.7 Å². The largest absolute Gasteiger partial charge is 0.490 e. The predicted octanol–water partition coefficient (Wildman–Crippen LogP) is 4.09. The molecule has 3 rings (SSSR count). The summed E-state index contributed by atoms with van der Waals surface area (Å²) in [4.78, 5) is -0.000476. The Kier molecular flexibility index (Phi) is 4.51. The summed E-state index contributed by atoms with van der Waals surface area (Å²) in [6.45, 7) is 2.20. The van der Waals surface area contributed by atoms with Crippen molar-refractivity contribution in [1.82, 2.24) is 0 Å². The predicted molar refractivity (Wildman–Crippen MR) is 89.7 cm³/mol. The van der Waals surface area contributed by atoms with Crippen molar-refractivity contribution in [2.45, 2.75) is 11.8 Å². The van der Waals surface area contributed by atoms with Gasteiger partial charge in [0, 0.05) is 5.56 Å². The SMILES string of the molecule is CCOc1cccc2c1OCC(S(=O)(=O)c1ccc(F)c(Cl)c1)=C2. The highest BCUT2D eigenvalue weighted by Crippen LogP contribution is 2.38. The average molecular weight is 369 g/mol. The summed E-state index contributed by atoms with van der Waals surface area (Å²) in [5, 5.41) is -0.243. The molecule has 1 heterocycles. The highest BCUT2D eigenvalue weighted by atomic mass is 35.5. The molecule has 1 aliphatic heterocycles. The van der Waals surface area contributed by atoms with Gasteiger partial charge in [0.1, 0.15) is 12.4 Å². The van der Waals surface area contributed by atoms with E-state index in [1.165, 1.54) is 12.1 Å². The summed E-state index contributed by atoms with van der Waals surface area (Å²) in [7, 11) is -3.82. The topological polar surface area (TPSA) is 52.6 Å². The normalized spacial score (nSPS) is 13.7. The third-order valence-corrected chi connectivity index (χ3v) is 5.62. The van der Waals surface area contributed by atoms with E-state index in [-0.39, 0.29) is 21.4 Å². The lowest BCUT2D eigenvalue weighted by Crippen LogP contribution is -2.16. The zero-order valence-electron chi connectivity index (χ0n) is 12.8. The average Bonchev–Trinajstić information content (AvgIpc) is 2.57. The maximum absolute atomic E-state index is 13.3. The number of halogens is 2. The van der Waals surface area contributed by atoms with Gasteiger partial charge in [0.05, 0.1) is 21.4 Å². The highest BCUT2D eigenvalue weighted by Gasteiger charge is 2.27. The first kappa shape index (κ1) is 16.8. The molecule has 24 heavy (non-hydrogen) atoms. The minimum atomic E-state index is -3.82. The Morgan fingerprint density at radius 3 is 2.79 bits per heavy atom. The van der Waals surface area contributed by atoms with Crippen LogP contribution in [-0.2, 0) is 9.84 Å². The number of hydrogen-bond donors (Lipinski definition) is 0. The first-order chi connectivity index (χ1) is 11.4. The molecule has 0 saturated heterocycles. The Balaban J connectivity index is 2.04. The molecule has 0 amide bonds. The quantitative estimate of drug-likeness (QED) is 0.763.